The number of rotatable bonds is 2. The first-order valence-corrected chi connectivity index (χ1v) is 9.68. The van der Waals surface area contributed by atoms with Crippen LogP contribution in [0.1, 0.15) is 19.4 Å². The minimum absolute atomic E-state index is 0.337. The van der Waals surface area contributed by atoms with Crippen LogP contribution in [0.15, 0.2) is 53.5 Å². The molecule has 0 radical (unpaired) electrons. The first-order valence-electron chi connectivity index (χ1n) is 9.68. The van der Waals surface area contributed by atoms with E-state index in [4.69, 9.17) is 19.2 Å². The summed E-state index contributed by atoms with van der Waals surface area (Å²) in [7, 11) is 5.42. The van der Waals surface area contributed by atoms with Gasteiger partial charge in [-0.3, -0.25) is 4.99 Å². The topological polar surface area (TPSA) is 43.3 Å². The van der Waals surface area contributed by atoms with Gasteiger partial charge in [0.05, 0.1) is 25.8 Å². The highest BCUT2D eigenvalue weighted by Gasteiger charge is 2.58. The van der Waals surface area contributed by atoms with Gasteiger partial charge in [0.15, 0.2) is 0 Å². The first-order chi connectivity index (χ1) is 13.9. The van der Waals surface area contributed by atoms with Gasteiger partial charge in [-0.15, -0.1) is 0 Å². The molecule has 0 N–H and O–H groups in total. The summed E-state index contributed by atoms with van der Waals surface area (Å²) < 4.78 is 17.6. The number of benzene rings is 3. The van der Waals surface area contributed by atoms with Gasteiger partial charge in [0.2, 0.25) is 5.72 Å². The largest absolute Gasteiger partial charge is 0.497 e. The lowest BCUT2D eigenvalue weighted by Crippen LogP contribution is -2.61. The minimum Gasteiger partial charge on any atom is -0.497 e. The van der Waals surface area contributed by atoms with Crippen LogP contribution in [0.25, 0.3) is 10.8 Å². The van der Waals surface area contributed by atoms with Crippen molar-refractivity contribution < 1.29 is 14.2 Å². The molecule has 1 unspecified atom stereocenters. The van der Waals surface area contributed by atoms with Crippen molar-refractivity contribution in [3.63, 3.8) is 0 Å². The summed E-state index contributed by atoms with van der Waals surface area (Å²) in [5.74, 6) is 2.42. The Bertz CT molecular complexity index is 1170. The Kier molecular flexibility index (Phi) is 3.63. The monoisotopic (exact) mass is 388 g/mol. The number of hydrogen-bond donors (Lipinski definition) is 0. The average molecular weight is 388 g/mol. The van der Waals surface area contributed by atoms with E-state index in [2.05, 4.69) is 44.0 Å². The molecule has 1 atom stereocenters. The van der Waals surface area contributed by atoms with E-state index < -0.39 is 5.72 Å². The molecule has 29 heavy (non-hydrogen) atoms. The number of hydrogen-bond acceptors (Lipinski definition) is 5. The van der Waals surface area contributed by atoms with Gasteiger partial charge < -0.3 is 19.1 Å². The summed E-state index contributed by atoms with van der Waals surface area (Å²) in [6, 6.07) is 16.3. The van der Waals surface area contributed by atoms with E-state index in [9.17, 15) is 0 Å². The molecule has 3 aromatic rings. The Hall–Kier alpha value is -3.21. The Labute approximate surface area is 170 Å². The molecule has 1 spiro atoms. The van der Waals surface area contributed by atoms with Crippen molar-refractivity contribution in [3.05, 3.63) is 54.1 Å². The van der Waals surface area contributed by atoms with Crippen LogP contribution >= 0.6 is 0 Å². The third kappa shape index (κ3) is 2.24. The maximum atomic E-state index is 6.74. The lowest BCUT2D eigenvalue weighted by Gasteiger charge is -2.45. The molecule has 5 heteroatoms. The molecule has 148 valence electrons. The molecule has 0 saturated carbocycles. The van der Waals surface area contributed by atoms with E-state index in [1.54, 1.807) is 14.2 Å². The molecule has 0 aliphatic carbocycles. The summed E-state index contributed by atoms with van der Waals surface area (Å²) in [4.78, 5) is 7.10. The molecular formula is C24H24N2O3. The van der Waals surface area contributed by atoms with E-state index >= 15 is 0 Å². The van der Waals surface area contributed by atoms with E-state index in [0.717, 1.165) is 39.4 Å². The number of ether oxygens (including phenoxy) is 3. The lowest BCUT2D eigenvalue weighted by atomic mass is 9.77. The number of fused-ring (bicyclic) bond motifs is 4. The van der Waals surface area contributed by atoms with Crippen LogP contribution in [-0.2, 0) is 5.41 Å². The molecule has 0 bridgehead atoms. The second-order valence-electron chi connectivity index (χ2n) is 8.12. The van der Waals surface area contributed by atoms with Crippen LogP contribution < -0.4 is 19.1 Å². The number of likely N-dealkylation sites (N-methyl/N-ethyl adjacent to an activating group) is 1. The van der Waals surface area contributed by atoms with Gasteiger partial charge >= 0.3 is 0 Å². The van der Waals surface area contributed by atoms with E-state index in [-0.39, 0.29) is 5.41 Å². The molecule has 0 amide bonds. The number of aliphatic imine (C=N–C) groups is 1. The molecule has 2 aliphatic heterocycles. The smallest absolute Gasteiger partial charge is 0.228 e. The van der Waals surface area contributed by atoms with E-state index in [1.165, 1.54) is 5.56 Å². The molecule has 3 aromatic carbocycles. The Morgan fingerprint density at radius 3 is 2.38 bits per heavy atom. The van der Waals surface area contributed by atoms with Crippen molar-refractivity contribution in [1.82, 2.24) is 0 Å². The van der Waals surface area contributed by atoms with Crippen LogP contribution in [0.4, 0.5) is 11.4 Å². The maximum absolute atomic E-state index is 6.74. The van der Waals surface area contributed by atoms with Crippen molar-refractivity contribution in [2.45, 2.75) is 25.0 Å². The van der Waals surface area contributed by atoms with Crippen LogP contribution in [0.2, 0.25) is 0 Å². The standard InChI is InChI=1S/C24H24N2O3/c1-23(2)19-13-17(28-5)9-10-20(19)26(3)24(23)14-25-22-18-12-16(27-4)8-6-15(18)7-11-21(22)29-24/h6-14H,1-5H3. The predicted octanol–water partition coefficient (Wildman–Crippen LogP) is 5.08. The second-order valence-corrected chi connectivity index (χ2v) is 8.12. The highest BCUT2D eigenvalue weighted by molar-refractivity contribution is 6.00. The normalized spacial score (nSPS) is 21.1. The Balaban J connectivity index is 1.67. The average Bonchev–Trinajstić information content (AvgIpc) is 2.91. The molecule has 5 nitrogen and oxygen atoms in total. The van der Waals surface area contributed by atoms with Crippen LogP contribution in [0, 0.1) is 0 Å². The highest BCUT2D eigenvalue weighted by Crippen LogP contribution is 2.54. The van der Waals surface area contributed by atoms with E-state index in [1.807, 2.05) is 36.5 Å². The van der Waals surface area contributed by atoms with Crippen LogP contribution in [0.5, 0.6) is 17.2 Å². The van der Waals surface area contributed by atoms with Crippen molar-refractivity contribution in [2.75, 3.05) is 26.2 Å². The van der Waals surface area contributed by atoms with Crippen molar-refractivity contribution >= 4 is 28.4 Å². The first kappa shape index (κ1) is 17.9. The van der Waals surface area contributed by atoms with Gasteiger partial charge in [0, 0.05) is 18.1 Å². The Morgan fingerprint density at radius 1 is 0.931 bits per heavy atom. The Morgan fingerprint density at radius 2 is 1.62 bits per heavy atom. The number of methoxy groups -OCH3 is 2. The fraction of sp³-hybridized carbons (Fsp3) is 0.292. The summed E-state index contributed by atoms with van der Waals surface area (Å²) in [5.41, 5.74) is 2.08. The fourth-order valence-electron chi connectivity index (χ4n) is 4.62. The third-order valence-electron chi connectivity index (χ3n) is 6.43. The molecular weight excluding hydrogens is 364 g/mol. The van der Waals surface area contributed by atoms with Gasteiger partial charge in [-0.25, -0.2) is 0 Å². The minimum atomic E-state index is -0.721. The summed E-state index contributed by atoms with van der Waals surface area (Å²) in [6.45, 7) is 4.38. The van der Waals surface area contributed by atoms with Gasteiger partial charge in [0.25, 0.3) is 0 Å². The number of nitrogens with zero attached hydrogens (tertiary/aromatic N) is 2. The van der Waals surface area contributed by atoms with Gasteiger partial charge in [-0.2, -0.15) is 0 Å². The van der Waals surface area contributed by atoms with Crippen LogP contribution in [0.3, 0.4) is 0 Å². The SMILES string of the molecule is COc1ccc2c(c1)C(C)(C)C1(C=Nc3c(ccc4ccc(OC)cc34)O1)N2C. The molecule has 0 saturated heterocycles. The zero-order valence-electron chi connectivity index (χ0n) is 17.3. The summed E-state index contributed by atoms with van der Waals surface area (Å²) >= 11 is 0. The van der Waals surface area contributed by atoms with Crippen molar-refractivity contribution in [3.8, 4) is 17.2 Å². The molecule has 0 fully saturated rings. The zero-order chi connectivity index (χ0) is 20.4. The fourth-order valence-corrected chi connectivity index (χ4v) is 4.62. The van der Waals surface area contributed by atoms with Crippen molar-refractivity contribution in [1.29, 1.82) is 0 Å². The number of anilines is 1. The molecule has 2 heterocycles. The molecule has 5 rings (SSSR count). The second kappa shape index (κ2) is 5.89. The highest BCUT2D eigenvalue weighted by atomic mass is 16.5. The molecule has 0 aromatic heterocycles. The van der Waals surface area contributed by atoms with Gasteiger partial charge in [-0.1, -0.05) is 12.1 Å². The van der Waals surface area contributed by atoms with Crippen LogP contribution in [-0.4, -0.2) is 33.2 Å². The predicted molar refractivity (Wildman–Crippen MR) is 116 cm³/mol. The summed E-state index contributed by atoms with van der Waals surface area (Å²) in [6.07, 6.45) is 1.95. The lowest BCUT2D eigenvalue weighted by molar-refractivity contribution is 0.0826. The van der Waals surface area contributed by atoms with Gasteiger partial charge in [-0.05, 0) is 61.2 Å². The quantitative estimate of drug-likeness (QED) is 0.614. The zero-order valence-corrected chi connectivity index (χ0v) is 17.3. The maximum Gasteiger partial charge on any atom is 0.228 e. The van der Waals surface area contributed by atoms with Gasteiger partial charge in [0.1, 0.15) is 22.9 Å². The van der Waals surface area contributed by atoms with Crippen molar-refractivity contribution in [2.24, 2.45) is 4.99 Å². The van der Waals surface area contributed by atoms with E-state index in [0.29, 0.717) is 0 Å². The summed E-state index contributed by atoms with van der Waals surface area (Å²) in [5, 5.41) is 2.12. The molecule has 2 aliphatic rings. The third-order valence-corrected chi connectivity index (χ3v) is 6.43.